The van der Waals surface area contributed by atoms with E-state index in [-0.39, 0.29) is 11.6 Å². The van der Waals surface area contributed by atoms with Gasteiger partial charge < -0.3 is 10.1 Å². The number of anilines is 2. The Labute approximate surface area is 177 Å². The predicted molar refractivity (Wildman–Crippen MR) is 113 cm³/mol. The van der Waals surface area contributed by atoms with E-state index in [1.165, 1.54) is 11.3 Å². The first-order valence-electron chi connectivity index (χ1n) is 9.41. The summed E-state index contributed by atoms with van der Waals surface area (Å²) in [6.45, 7) is 7.32. The summed E-state index contributed by atoms with van der Waals surface area (Å²) in [6.07, 6.45) is 1.10. The van der Waals surface area contributed by atoms with E-state index in [4.69, 9.17) is 10.00 Å². The quantitative estimate of drug-likeness (QED) is 0.534. The molecule has 152 valence electrons. The van der Waals surface area contributed by atoms with E-state index >= 15 is 0 Å². The van der Waals surface area contributed by atoms with Crippen LogP contribution < -0.4 is 10.6 Å². The number of likely N-dealkylation sites (tertiary alicyclic amines) is 1. The van der Waals surface area contributed by atoms with E-state index < -0.39 is 0 Å². The molecule has 2 saturated heterocycles. The molecule has 2 aliphatic rings. The second kappa shape index (κ2) is 8.28. The first-order chi connectivity index (χ1) is 13.9. The average molecular weight is 431 g/mol. The van der Waals surface area contributed by atoms with Crippen LogP contribution in [0.15, 0.2) is 28.6 Å². The average Bonchev–Trinajstić information content (AvgIpc) is 3.10. The highest BCUT2D eigenvalue weighted by Gasteiger charge is 2.48. The number of nitrogens with one attached hydrogen (secondary N) is 2. The summed E-state index contributed by atoms with van der Waals surface area (Å²) in [7, 11) is 0. The van der Waals surface area contributed by atoms with Crippen molar-refractivity contribution < 1.29 is 9.53 Å². The van der Waals surface area contributed by atoms with E-state index in [0.29, 0.717) is 27.7 Å². The van der Waals surface area contributed by atoms with E-state index in [1.54, 1.807) is 36.0 Å². The molecule has 2 N–H and O–H groups in total. The summed E-state index contributed by atoms with van der Waals surface area (Å²) in [5, 5.41) is 23.4. The first-order valence-corrected chi connectivity index (χ1v) is 11.1. The monoisotopic (exact) mass is 430 g/mol. The lowest BCUT2D eigenvalue weighted by Gasteiger charge is -2.27. The number of urea groups is 1. The van der Waals surface area contributed by atoms with Crippen LogP contribution in [-0.2, 0) is 4.74 Å². The number of carbonyl (C=O) groups excluding carboxylic acids is 1. The van der Waals surface area contributed by atoms with Crippen LogP contribution in [0.25, 0.3) is 0 Å². The van der Waals surface area contributed by atoms with Crippen LogP contribution in [0.5, 0.6) is 0 Å². The van der Waals surface area contributed by atoms with Crippen molar-refractivity contribution in [3.63, 3.8) is 0 Å². The summed E-state index contributed by atoms with van der Waals surface area (Å²) in [5.74, 6) is 0. The number of rotatable bonds is 6. The van der Waals surface area contributed by atoms with Gasteiger partial charge in [-0.05, 0) is 51.1 Å². The van der Waals surface area contributed by atoms with Gasteiger partial charge in [0.2, 0.25) is 5.13 Å². The number of amides is 2. The Morgan fingerprint density at radius 1 is 1.41 bits per heavy atom. The zero-order valence-electron chi connectivity index (χ0n) is 16.2. The highest BCUT2D eigenvalue weighted by Crippen LogP contribution is 2.38. The fraction of sp³-hybridized carbons (Fsp3) is 0.474. The topological polar surface area (TPSA) is 106 Å². The summed E-state index contributed by atoms with van der Waals surface area (Å²) in [6, 6.07) is 8.74. The number of nitriles is 1. The van der Waals surface area contributed by atoms with Crippen molar-refractivity contribution >= 4 is 39.9 Å². The third kappa shape index (κ3) is 4.87. The molecular weight excluding hydrogens is 408 g/mol. The minimum absolute atomic E-state index is 0.0155. The van der Waals surface area contributed by atoms with Gasteiger partial charge in [-0.1, -0.05) is 23.1 Å². The van der Waals surface area contributed by atoms with Crippen LogP contribution in [0.3, 0.4) is 0 Å². The standard InChI is InChI=1S/C19H22N6O2S2/c1-12(19(2)11-27-19)25-8-7-15(10-25)28-18-24-23-17(29-18)22-16(26)21-14-5-3-13(9-20)4-6-14/h3-6,12,15H,7-8,10-11H2,1-2H3,(H2,21,22,23,26)/t12?,15-,19?/m0/s1. The molecule has 0 aliphatic carbocycles. The molecule has 2 aromatic rings. The van der Waals surface area contributed by atoms with Gasteiger partial charge in [0.15, 0.2) is 4.34 Å². The van der Waals surface area contributed by atoms with Gasteiger partial charge >= 0.3 is 6.03 Å². The molecular formula is C19H22N6O2S2. The third-order valence-electron chi connectivity index (χ3n) is 5.37. The van der Waals surface area contributed by atoms with Crippen molar-refractivity contribution in [1.29, 1.82) is 5.26 Å². The van der Waals surface area contributed by atoms with Gasteiger partial charge in [-0.3, -0.25) is 10.2 Å². The second-order valence-corrected chi connectivity index (χ2v) is 9.97. The fourth-order valence-electron chi connectivity index (χ4n) is 3.28. The number of aromatic nitrogens is 2. The zero-order chi connectivity index (χ0) is 20.4. The summed E-state index contributed by atoms with van der Waals surface area (Å²) in [4.78, 5) is 14.6. The number of epoxide rings is 1. The second-order valence-electron chi connectivity index (χ2n) is 7.44. The van der Waals surface area contributed by atoms with Crippen molar-refractivity contribution in [2.24, 2.45) is 0 Å². The minimum atomic E-state index is -0.388. The Balaban J connectivity index is 1.26. The first kappa shape index (κ1) is 20.1. The number of hydrogen-bond acceptors (Lipinski definition) is 8. The van der Waals surface area contributed by atoms with E-state index in [9.17, 15) is 4.79 Å². The molecule has 0 spiro atoms. The maximum absolute atomic E-state index is 12.1. The van der Waals surface area contributed by atoms with Crippen LogP contribution in [0, 0.1) is 11.3 Å². The maximum atomic E-state index is 12.1. The van der Waals surface area contributed by atoms with Crippen molar-refractivity contribution in [3.05, 3.63) is 29.8 Å². The van der Waals surface area contributed by atoms with Crippen LogP contribution in [0.2, 0.25) is 0 Å². The highest BCUT2D eigenvalue weighted by molar-refractivity contribution is 8.01. The Kier molecular flexibility index (Phi) is 5.74. The third-order valence-corrected chi connectivity index (χ3v) is 7.55. The number of ether oxygens (including phenoxy) is 1. The Bertz CT molecular complexity index is 922. The number of nitrogens with zero attached hydrogens (tertiary/aromatic N) is 4. The number of thioether (sulfide) groups is 1. The van der Waals surface area contributed by atoms with Crippen LogP contribution in [0.4, 0.5) is 15.6 Å². The summed E-state index contributed by atoms with van der Waals surface area (Å²) in [5.41, 5.74) is 1.16. The minimum Gasteiger partial charge on any atom is -0.368 e. The molecule has 0 saturated carbocycles. The van der Waals surface area contributed by atoms with Crippen molar-refractivity contribution in [2.45, 2.75) is 41.5 Å². The number of carbonyl (C=O) groups is 1. The van der Waals surface area contributed by atoms with Crippen molar-refractivity contribution in [1.82, 2.24) is 15.1 Å². The van der Waals surface area contributed by atoms with Crippen LogP contribution in [-0.4, -0.2) is 57.7 Å². The van der Waals surface area contributed by atoms with Gasteiger partial charge in [0, 0.05) is 23.5 Å². The molecule has 0 radical (unpaired) electrons. The van der Waals surface area contributed by atoms with Gasteiger partial charge in [-0.25, -0.2) is 4.79 Å². The fourth-order valence-corrected chi connectivity index (χ4v) is 5.45. The number of benzene rings is 1. The summed E-state index contributed by atoms with van der Waals surface area (Å²) < 4.78 is 6.44. The molecule has 3 atom stereocenters. The highest BCUT2D eigenvalue weighted by atomic mass is 32.2. The normalized spacial score (nSPS) is 24.7. The largest absolute Gasteiger partial charge is 0.368 e. The lowest BCUT2D eigenvalue weighted by molar-refractivity contribution is 0.154. The van der Waals surface area contributed by atoms with Gasteiger partial charge in [0.25, 0.3) is 0 Å². The molecule has 3 heterocycles. The van der Waals surface area contributed by atoms with Crippen molar-refractivity contribution in [3.8, 4) is 6.07 Å². The Morgan fingerprint density at radius 2 is 2.17 bits per heavy atom. The van der Waals surface area contributed by atoms with Crippen molar-refractivity contribution in [2.75, 3.05) is 30.3 Å². The van der Waals surface area contributed by atoms with Gasteiger partial charge in [0.05, 0.1) is 18.2 Å². The van der Waals surface area contributed by atoms with Crippen LogP contribution >= 0.6 is 23.1 Å². The molecule has 4 rings (SSSR count). The maximum Gasteiger partial charge on any atom is 0.325 e. The van der Waals surface area contributed by atoms with E-state index in [1.807, 2.05) is 6.07 Å². The summed E-state index contributed by atoms with van der Waals surface area (Å²) >= 11 is 3.09. The van der Waals surface area contributed by atoms with Gasteiger partial charge in [-0.15, -0.1) is 10.2 Å². The SMILES string of the molecule is CC(N1CC[C@H](Sc2nnc(NC(=O)Nc3ccc(C#N)cc3)s2)C1)C1(C)CO1. The predicted octanol–water partition coefficient (Wildman–Crippen LogP) is 3.40. The lowest BCUT2D eigenvalue weighted by atomic mass is 10.0. The molecule has 2 unspecified atom stereocenters. The molecule has 2 aliphatic heterocycles. The van der Waals surface area contributed by atoms with E-state index in [2.05, 4.69) is 39.6 Å². The Morgan fingerprint density at radius 3 is 2.86 bits per heavy atom. The molecule has 2 fully saturated rings. The zero-order valence-corrected chi connectivity index (χ0v) is 17.8. The molecule has 2 amide bonds. The smallest absolute Gasteiger partial charge is 0.325 e. The molecule has 1 aromatic carbocycles. The van der Waals surface area contributed by atoms with Crippen LogP contribution in [0.1, 0.15) is 25.8 Å². The molecule has 10 heteroatoms. The Hall–Kier alpha value is -2.19. The molecule has 29 heavy (non-hydrogen) atoms. The van der Waals surface area contributed by atoms with Gasteiger partial charge in [0.1, 0.15) is 5.60 Å². The lowest BCUT2D eigenvalue weighted by Crippen LogP contribution is -2.41. The molecule has 8 nitrogen and oxygen atoms in total. The van der Waals surface area contributed by atoms with E-state index in [0.717, 1.165) is 30.5 Å². The molecule has 0 bridgehead atoms. The molecule has 1 aromatic heterocycles. The van der Waals surface area contributed by atoms with Gasteiger partial charge in [-0.2, -0.15) is 5.26 Å². The number of hydrogen-bond donors (Lipinski definition) is 2.